The van der Waals surface area contributed by atoms with Crippen molar-refractivity contribution in [2.75, 3.05) is 11.9 Å². The SMILES string of the molecule is CC(F)Oc1ccc2c(c1)CCN2. The summed E-state index contributed by atoms with van der Waals surface area (Å²) in [7, 11) is 0. The third-order valence-electron chi connectivity index (χ3n) is 2.08. The summed E-state index contributed by atoms with van der Waals surface area (Å²) in [5, 5.41) is 3.23. The zero-order valence-electron chi connectivity index (χ0n) is 7.51. The molecule has 0 amide bonds. The summed E-state index contributed by atoms with van der Waals surface area (Å²) in [5.41, 5.74) is 2.34. The number of halogens is 1. The van der Waals surface area contributed by atoms with E-state index in [1.165, 1.54) is 12.5 Å². The van der Waals surface area contributed by atoms with Gasteiger partial charge < -0.3 is 10.1 Å². The molecule has 0 aliphatic carbocycles. The van der Waals surface area contributed by atoms with E-state index in [4.69, 9.17) is 4.74 Å². The molecular formula is C10H12FNO. The molecule has 1 unspecified atom stereocenters. The minimum absolute atomic E-state index is 0.609. The first-order valence-corrected chi connectivity index (χ1v) is 4.43. The molecule has 0 saturated carbocycles. The van der Waals surface area contributed by atoms with Crippen molar-refractivity contribution in [2.45, 2.75) is 19.7 Å². The first-order valence-electron chi connectivity index (χ1n) is 4.43. The van der Waals surface area contributed by atoms with Crippen LogP contribution >= 0.6 is 0 Å². The maximum atomic E-state index is 12.5. The van der Waals surface area contributed by atoms with Gasteiger partial charge >= 0.3 is 0 Å². The molecule has 0 spiro atoms. The first kappa shape index (κ1) is 8.35. The second-order valence-electron chi connectivity index (χ2n) is 3.16. The molecule has 0 radical (unpaired) electrons. The third kappa shape index (κ3) is 1.74. The minimum Gasteiger partial charge on any atom is -0.461 e. The molecular weight excluding hydrogens is 169 g/mol. The average molecular weight is 181 g/mol. The Kier molecular flexibility index (Phi) is 2.08. The van der Waals surface area contributed by atoms with Gasteiger partial charge in [-0.15, -0.1) is 0 Å². The van der Waals surface area contributed by atoms with Crippen LogP contribution < -0.4 is 10.1 Å². The van der Waals surface area contributed by atoms with Gasteiger partial charge in [0.15, 0.2) is 0 Å². The summed E-state index contributed by atoms with van der Waals surface area (Å²) < 4.78 is 17.4. The third-order valence-corrected chi connectivity index (χ3v) is 2.08. The molecule has 0 aromatic heterocycles. The van der Waals surface area contributed by atoms with Gasteiger partial charge in [-0.2, -0.15) is 0 Å². The maximum Gasteiger partial charge on any atom is 0.235 e. The van der Waals surface area contributed by atoms with Crippen molar-refractivity contribution < 1.29 is 9.13 Å². The van der Waals surface area contributed by atoms with Crippen LogP contribution in [0.15, 0.2) is 18.2 Å². The van der Waals surface area contributed by atoms with E-state index < -0.39 is 6.36 Å². The zero-order chi connectivity index (χ0) is 9.26. The molecule has 0 fully saturated rings. The van der Waals surface area contributed by atoms with E-state index in [1.807, 2.05) is 12.1 Å². The number of ether oxygens (including phenoxy) is 1. The van der Waals surface area contributed by atoms with Crippen molar-refractivity contribution >= 4 is 5.69 Å². The maximum absolute atomic E-state index is 12.5. The van der Waals surface area contributed by atoms with Gasteiger partial charge in [-0.1, -0.05) is 0 Å². The van der Waals surface area contributed by atoms with Crippen LogP contribution in [-0.2, 0) is 6.42 Å². The quantitative estimate of drug-likeness (QED) is 0.756. The second kappa shape index (κ2) is 3.24. The van der Waals surface area contributed by atoms with E-state index in [1.54, 1.807) is 6.07 Å². The van der Waals surface area contributed by atoms with Gasteiger partial charge in [0.2, 0.25) is 6.36 Å². The van der Waals surface area contributed by atoms with E-state index in [2.05, 4.69) is 5.32 Å². The van der Waals surface area contributed by atoms with Crippen molar-refractivity contribution in [1.29, 1.82) is 0 Å². The molecule has 0 saturated heterocycles. The van der Waals surface area contributed by atoms with Gasteiger partial charge in [0.1, 0.15) is 5.75 Å². The Labute approximate surface area is 76.7 Å². The van der Waals surface area contributed by atoms with Gasteiger partial charge in [-0.25, -0.2) is 4.39 Å². The van der Waals surface area contributed by atoms with E-state index in [9.17, 15) is 4.39 Å². The average Bonchev–Trinajstić information content (AvgIpc) is 2.49. The topological polar surface area (TPSA) is 21.3 Å². The number of alkyl halides is 1. The van der Waals surface area contributed by atoms with Gasteiger partial charge in [-0.05, 0) is 30.2 Å². The van der Waals surface area contributed by atoms with Crippen molar-refractivity contribution in [3.8, 4) is 5.75 Å². The predicted octanol–water partition coefficient (Wildman–Crippen LogP) is 2.35. The highest BCUT2D eigenvalue weighted by molar-refractivity contribution is 5.57. The van der Waals surface area contributed by atoms with Gasteiger partial charge in [-0.3, -0.25) is 0 Å². The Bertz CT molecular complexity index is 312. The van der Waals surface area contributed by atoms with Gasteiger partial charge in [0.05, 0.1) is 0 Å². The van der Waals surface area contributed by atoms with Gasteiger partial charge in [0, 0.05) is 19.2 Å². The Morgan fingerprint density at radius 1 is 1.54 bits per heavy atom. The predicted molar refractivity (Wildman–Crippen MR) is 49.8 cm³/mol. The molecule has 2 nitrogen and oxygen atoms in total. The molecule has 1 aliphatic rings. The normalized spacial score (nSPS) is 16.2. The Morgan fingerprint density at radius 2 is 2.38 bits per heavy atom. The van der Waals surface area contributed by atoms with Crippen LogP contribution in [0.2, 0.25) is 0 Å². The van der Waals surface area contributed by atoms with E-state index >= 15 is 0 Å². The highest BCUT2D eigenvalue weighted by Gasteiger charge is 2.11. The lowest BCUT2D eigenvalue weighted by Gasteiger charge is -2.08. The van der Waals surface area contributed by atoms with Crippen LogP contribution in [0.5, 0.6) is 5.75 Å². The van der Waals surface area contributed by atoms with Crippen LogP contribution in [-0.4, -0.2) is 12.9 Å². The first-order chi connectivity index (χ1) is 6.25. The Hall–Kier alpha value is -1.25. The molecule has 1 aliphatic heterocycles. The number of rotatable bonds is 2. The fourth-order valence-electron chi connectivity index (χ4n) is 1.54. The lowest BCUT2D eigenvalue weighted by atomic mass is 10.1. The molecule has 0 bridgehead atoms. The molecule has 1 aromatic carbocycles. The summed E-state index contributed by atoms with van der Waals surface area (Å²) in [5.74, 6) is 0.609. The van der Waals surface area contributed by atoms with E-state index in [0.29, 0.717) is 5.75 Å². The Balaban J connectivity index is 2.21. The number of nitrogens with one attached hydrogen (secondary N) is 1. The molecule has 1 atom stereocenters. The van der Waals surface area contributed by atoms with Crippen LogP contribution in [0.25, 0.3) is 0 Å². The van der Waals surface area contributed by atoms with Crippen LogP contribution in [0, 0.1) is 0 Å². The highest BCUT2D eigenvalue weighted by Crippen LogP contribution is 2.26. The molecule has 1 aromatic rings. The van der Waals surface area contributed by atoms with Crippen molar-refractivity contribution in [3.05, 3.63) is 23.8 Å². The smallest absolute Gasteiger partial charge is 0.235 e. The zero-order valence-corrected chi connectivity index (χ0v) is 7.51. The number of hydrogen-bond donors (Lipinski definition) is 1. The molecule has 13 heavy (non-hydrogen) atoms. The lowest BCUT2D eigenvalue weighted by molar-refractivity contribution is 0.0860. The summed E-state index contributed by atoms with van der Waals surface area (Å²) in [4.78, 5) is 0. The molecule has 70 valence electrons. The van der Waals surface area contributed by atoms with E-state index in [0.717, 1.165) is 18.7 Å². The molecule has 1 heterocycles. The second-order valence-corrected chi connectivity index (χ2v) is 3.16. The number of fused-ring (bicyclic) bond motifs is 1. The fourth-order valence-corrected chi connectivity index (χ4v) is 1.54. The van der Waals surface area contributed by atoms with Gasteiger partial charge in [0.25, 0.3) is 0 Å². The number of benzene rings is 1. The Morgan fingerprint density at radius 3 is 3.15 bits per heavy atom. The van der Waals surface area contributed by atoms with E-state index in [-0.39, 0.29) is 0 Å². The minimum atomic E-state index is -1.24. The summed E-state index contributed by atoms with van der Waals surface area (Å²) in [6.07, 6.45) is -0.250. The molecule has 1 N–H and O–H groups in total. The number of anilines is 1. The molecule has 2 rings (SSSR count). The van der Waals surface area contributed by atoms with Crippen LogP contribution in [0.3, 0.4) is 0 Å². The van der Waals surface area contributed by atoms with Crippen molar-refractivity contribution in [2.24, 2.45) is 0 Å². The number of hydrogen-bond acceptors (Lipinski definition) is 2. The lowest BCUT2D eigenvalue weighted by Crippen LogP contribution is -2.03. The van der Waals surface area contributed by atoms with Crippen LogP contribution in [0.1, 0.15) is 12.5 Å². The standard InChI is InChI=1S/C10H12FNO/c1-7(11)13-9-2-3-10-8(6-9)4-5-12-10/h2-3,6-7,12H,4-5H2,1H3. The fraction of sp³-hybridized carbons (Fsp3) is 0.400. The van der Waals surface area contributed by atoms with Crippen molar-refractivity contribution in [3.63, 3.8) is 0 Å². The summed E-state index contributed by atoms with van der Waals surface area (Å²) in [6, 6.07) is 5.61. The van der Waals surface area contributed by atoms with Crippen molar-refractivity contribution in [1.82, 2.24) is 0 Å². The van der Waals surface area contributed by atoms with Crippen LogP contribution in [0.4, 0.5) is 10.1 Å². The largest absolute Gasteiger partial charge is 0.461 e. The molecule has 3 heteroatoms. The summed E-state index contributed by atoms with van der Waals surface area (Å²) in [6.45, 7) is 2.34. The monoisotopic (exact) mass is 181 g/mol. The summed E-state index contributed by atoms with van der Waals surface area (Å²) >= 11 is 0. The highest BCUT2D eigenvalue weighted by atomic mass is 19.1.